The summed E-state index contributed by atoms with van der Waals surface area (Å²) in [6.07, 6.45) is 0. The molecule has 0 saturated carbocycles. The van der Waals surface area contributed by atoms with Crippen molar-refractivity contribution in [3.05, 3.63) is 63.1 Å². The molecular formula is C18H7N6-. The summed E-state index contributed by atoms with van der Waals surface area (Å²) in [5, 5.41) is 55.0. The third-order valence-corrected chi connectivity index (χ3v) is 3.01. The first-order chi connectivity index (χ1) is 11.6. The molecule has 0 radical (unpaired) electrons. The van der Waals surface area contributed by atoms with Gasteiger partial charge in [0.25, 0.3) is 0 Å². The second-order valence-electron chi connectivity index (χ2n) is 4.41. The Bertz CT molecular complexity index is 980. The van der Waals surface area contributed by atoms with Crippen LogP contribution in [0.15, 0.2) is 46.6 Å². The molecule has 1 aromatic carbocycles. The van der Waals surface area contributed by atoms with Gasteiger partial charge in [-0.1, -0.05) is 29.8 Å². The van der Waals surface area contributed by atoms with Gasteiger partial charge in [-0.15, -0.1) is 0 Å². The van der Waals surface area contributed by atoms with Crippen LogP contribution >= 0.6 is 0 Å². The summed E-state index contributed by atoms with van der Waals surface area (Å²) >= 11 is 0. The van der Waals surface area contributed by atoms with Crippen LogP contribution in [0, 0.1) is 63.6 Å². The molecule has 0 atom stereocenters. The van der Waals surface area contributed by atoms with E-state index in [1.807, 2.05) is 6.92 Å². The highest BCUT2D eigenvalue weighted by molar-refractivity contribution is 5.95. The molecule has 1 aromatic rings. The summed E-state index contributed by atoms with van der Waals surface area (Å²) in [4.78, 5) is 0. The second-order valence-corrected chi connectivity index (χ2v) is 4.41. The van der Waals surface area contributed by atoms with Crippen LogP contribution in [-0.4, -0.2) is 5.87 Å². The van der Waals surface area contributed by atoms with E-state index in [-0.39, 0.29) is 16.7 Å². The summed E-state index contributed by atoms with van der Waals surface area (Å²) in [6.45, 7) is 1.83. The molecule has 0 heterocycles. The number of hydrogen-bond donors (Lipinski definition) is 0. The number of rotatable bonds is 3. The Morgan fingerprint density at radius 1 is 0.792 bits per heavy atom. The summed E-state index contributed by atoms with van der Waals surface area (Å²) in [5.74, 6) is 1.60. The van der Waals surface area contributed by atoms with Crippen LogP contribution in [0.1, 0.15) is 11.1 Å². The van der Waals surface area contributed by atoms with Gasteiger partial charge in [0.05, 0.1) is 16.7 Å². The highest BCUT2D eigenvalue weighted by Crippen LogP contribution is 2.31. The van der Waals surface area contributed by atoms with Gasteiger partial charge < -0.3 is 5.41 Å². The van der Waals surface area contributed by atoms with Gasteiger partial charge in [0.15, 0.2) is 0 Å². The average Bonchev–Trinajstić information content (AvgIpc) is 2.61. The second kappa shape index (κ2) is 8.14. The van der Waals surface area contributed by atoms with Crippen LogP contribution in [0.25, 0.3) is 11.0 Å². The molecule has 0 saturated heterocycles. The van der Waals surface area contributed by atoms with Gasteiger partial charge in [0.1, 0.15) is 35.9 Å². The molecule has 0 unspecified atom stereocenters. The van der Waals surface area contributed by atoms with E-state index in [1.54, 1.807) is 60.5 Å². The quantitative estimate of drug-likeness (QED) is 0.479. The zero-order valence-electron chi connectivity index (χ0n) is 12.5. The molecule has 0 aromatic heterocycles. The fraction of sp³-hybridized carbons (Fsp3) is 0.0556. The molecule has 1 rings (SSSR count). The highest BCUT2D eigenvalue weighted by Gasteiger charge is 2.20. The van der Waals surface area contributed by atoms with E-state index < -0.39 is 11.1 Å². The van der Waals surface area contributed by atoms with Crippen LogP contribution in [0.5, 0.6) is 0 Å². The molecule has 0 N–H and O–H groups in total. The largest absolute Gasteiger partial charge is 0.762 e. The summed E-state index contributed by atoms with van der Waals surface area (Å²) in [5.41, 5.74) is -0.556. The first-order valence-electron chi connectivity index (χ1n) is 6.41. The maximum absolute atomic E-state index is 9.39. The Kier molecular flexibility index (Phi) is 5.99. The fourth-order valence-electron chi connectivity index (χ4n) is 1.88. The lowest BCUT2D eigenvalue weighted by atomic mass is 9.88. The molecule has 6 nitrogen and oxygen atoms in total. The number of nitrogens with zero attached hydrogens (tertiary/aromatic N) is 6. The summed E-state index contributed by atoms with van der Waals surface area (Å²) in [7, 11) is 0. The Hall–Kier alpha value is -4.40. The van der Waals surface area contributed by atoms with Gasteiger partial charge in [-0.05, 0) is 12.5 Å². The zero-order chi connectivity index (χ0) is 18.1. The van der Waals surface area contributed by atoms with Gasteiger partial charge in [0.2, 0.25) is 0 Å². The molecule has 0 amide bonds. The van der Waals surface area contributed by atoms with E-state index in [2.05, 4.69) is 0 Å². The molecule has 24 heavy (non-hydrogen) atoms. The maximum Gasteiger partial charge on any atom is 0.148 e. The smallest absolute Gasteiger partial charge is 0.148 e. The predicted molar refractivity (Wildman–Crippen MR) is 85.1 cm³/mol. The first-order valence-corrected chi connectivity index (χ1v) is 6.41. The molecule has 110 valence electrons. The minimum Gasteiger partial charge on any atom is -0.762 e. The fourth-order valence-corrected chi connectivity index (χ4v) is 1.88. The number of hydrogen-bond acceptors (Lipinski definition) is 5. The van der Waals surface area contributed by atoms with Crippen LogP contribution in [0.3, 0.4) is 0 Å². The summed E-state index contributed by atoms with van der Waals surface area (Å²) < 4.78 is 0. The van der Waals surface area contributed by atoms with E-state index >= 15 is 0 Å². The van der Waals surface area contributed by atoms with Crippen molar-refractivity contribution >= 4 is 11.4 Å². The minimum absolute atomic E-state index is 0.0869. The molecule has 0 bridgehead atoms. The van der Waals surface area contributed by atoms with Gasteiger partial charge in [0, 0.05) is 5.57 Å². The van der Waals surface area contributed by atoms with Crippen LogP contribution < -0.4 is 0 Å². The third kappa shape index (κ3) is 3.43. The van der Waals surface area contributed by atoms with Crippen LogP contribution in [-0.2, 0) is 0 Å². The number of allylic oxidation sites excluding steroid dienone is 5. The molecule has 0 aliphatic carbocycles. The Morgan fingerprint density at radius 2 is 1.33 bits per heavy atom. The molecule has 6 heteroatoms. The highest BCUT2D eigenvalue weighted by atomic mass is 14.4. The van der Waals surface area contributed by atoms with Crippen molar-refractivity contribution in [1.29, 1.82) is 26.3 Å². The molecular weight excluding hydrogens is 300 g/mol. The van der Waals surface area contributed by atoms with Crippen molar-refractivity contribution in [3.63, 3.8) is 0 Å². The van der Waals surface area contributed by atoms with Gasteiger partial charge in [-0.25, -0.2) is 5.87 Å². The average molecular weight is 307 g/mol. The van der Waals surface area contributed by atoms with E-state index in [9.17, 15) is 10.5 Å². The Morgan fingerprint density at radius 3 is 1.71 bits per heavy atom. The van der Waals surface area contributed by atoms with E-state index in [0.29, 0.717) is 5.56 Å². The zero-order valence-corrected chi connectivity index (χ0v) is 12.5. The van der Waals surface area contributed by atoms with Crippen molar-refractivity contribution in [2.75, 3.05) is 0 Å². The number of aryl methyl sites for hydroxylation is 1. The van der Waals surface area contributed by atoms with E-state index in [0.717, 1.165) is 5.56 Å². The Labute approximate surface area is 138 Å². The van der Waals surface area contributed by atoms with Gasteiger partial charge >= 0.3 is 0 Å². The Balaban J connectivity index is 4.08. The predicted octanol–water partition coefficient (Wildman–Crippen LogP) is 2.83. The first kappa shape index (κ1) is 17.7. The van der Waals surface area contributed by atoms with Crippen molar-refractivity contribution < 1.29 is 0 Å². The van der Waals surface area contributed by atoms with Gasteiger partial charge in [-0.3, -0.25) is 0 Å². The normalized spacial score (nSPS) is 9.50. The van der Waals surface area contributed by atoms with Crippen molar-refractivity contribution in [2.45, 2.75) is 6.92 Å². The maximum atomic E-state index is 9.39. The third-order valence-electron chi connectivity index (χ3n) is 3.01. The van der Waals surface area contributed by atoms with Crippen molar-refractivity contribution in [1.82, 2.24) is 0 Å². The lowest BCUT2D eigenvalue weighted by Crippen LogP contribution is -1.99. The SMILES string of the molecule is Cc1ccc(/C(C(C#N)=C(C#N)C#N)=C(/C#N)C(=C=[N-])C#N)cc1. The van der Waals surface area contributed by atoms with Crippen molar-refractivity contribution in [2.24, 2.45) is 0 Å². The van der Waals surface area contributed by atoms with Crippen LogP contribution in [0.2, 0.25) is 0 Å². The molecule has 0 aliphatic rings. The van der Waals surface area contributed by atoms with Crippen LogP contribution in [0.4, 0.5) is 0 Å². The molecule has 0 fully saturated rings. The number of benzene rings is 1. The summed E-state index contributed by atoms with van der Waals surface area (Å²) in [6, 6.07) is 14.8. The lowest BCUT2D eigenvalue weighted by Gasteiger charge is -2.10. The molecule has 0 aliphatic heterocycles. The monoisotopic (exact) mass is 307 g/mol. The van der Waals surface area contributed by atoms with Gasteiger partial charge in [-0.2, -0.15) is 26.3 Å². The van der Waals surface area contributed by atoms with E-state index in [4.69, 9.17) is 21.2 Å². The van der Waals surface area contributed by atoms with E-state index in [1.165, 1.54) is 0 Å². The topological polar surface area (TPSA) is 141 Å². The lowest BCUT2D eigenvalue weighted by molar-refractivity contribution is 1.39. The number of nitriles is 5. The standard InChI is InChI=1S/C18H7N6/c1-12-2-4-13(5-3-12)18(16(10-23)14(6-19)7-20)17(11-24)15(8-21)9-22/h2-5H,1H3/q-1/b18-16+. The van der Waals surface area contributed by atoms with Crippen molar-refractivity contribution in [3.8, 4) is 30.3 Å². The molecule has 0 spiro atoms. The minimum atomic E-state index is -0.504.